The number of nitrogens with two attached hydrogens (primary N) is 2. The Morgan fingerprint density at radius 3 is 2.53 bits per heavy atom. The number of halogens is 1. The molecule has 10 heteroatoms. The van der Waals surface area contributed by atoms with Crippen LogP contribution in [0.25, 0.3) is 11.0 Å². The number of rotatable bonds is 7. The van der Waals surface area contributed by atoms with Crippen LogP contribution in [0, 0.1) is 5.82 Å². The molecule has 0 saturated heterocycles. The summed E-state index contributed by atoms with van der Waals surface area (Å²) >= 11 is 0. The van der Waals surface area contributed by atoms with Gasteiger partial charge in [-0.2, -0.15) is 0 Å². The SMILES string of the molecule is COc1ccc(NC(=O)c2ccc(CNc3cnc4ccc(C(N)=O)cc4n3)c(F)c2)c(N)c1. The molecule has 0 aliphatic heterocycles. The van der Waals surface area contributed by atoms with Crippen molar-refractivity contribution >= 4 is 40.0 Å². The van der Waals surface area contributed by atoms with Gasteiger partial charge in [-0.1, -0.05) is 6.07 Å². The lowest BCUT2D eigenvalue weighted by molar-refractivity contribution is 0.0997. The van der Waals surface area contributed by atoms with E-state index in [1.54, 1.807) is 36.4 Å². The van der Waals surface area contributed by atoms with Crippen LogP contribution in [0.4, 0.5) is 21.6 Å². The number of hydrogen-bond donors (Lipinski definition) is 4. The number of hydrogen-bond acceptors (Lipinski definition) is 7. The summed E-state index contributed by atoms with van der Waals surface area (Å²) in [6.45, 7) is 0.106. The first-order valence-corrected chi connectivity index (χ1v) is 10.2. The Morgan fingerprint density at radius 1 is 1.03 bits per heavy atom. The van der Waals surface area contributed by atoms with Crippen LogP contribution in [-0.2, 0) is 6.54 Å². The minimum absolute atomic E-state index is 0.106. The van der Waals surface area contributed by atoms with Crippen LogP contribution in [0.15, 0.2) is 60.8 Å². The molecule has 0 spiro atoms. The van der Waals surface area contributed by atoms with Crippen LogP contribution in [0.5, 0.6) is 5.75 Å². The molecule has 0 aliphatic rings. The number of nitrogen functional groups attached to an aromatic ring is 1. The number of fused-ring (bicyclic) bond motifs is 1. The molecule has 34 heavy (non-hydrogen) atoms. The quantitative estimate of drug-likeness (QED) is 0.310. The molecule has 0 unspecified atom stereocenters. The van der Waals surface area contributed by atoms with Crippen molar-refractivity contribution in [2.45, 2.75) is 6.54 Å². The van der Waals surface area contributed by atoms with E-state index >= 15 is 0 Å². The fraction of sp³-hybridized carbons (Fsp3) is 0.0833. The summed E-state index contributed by atoms with van der Waals surface area (Å²) in [5, 5.41) is 5.65. The van der Waals surface area contributed by atoms with Crippen LogP contribution in [0.2, 0.25) is 0 Å². The predicted octanol–water partition coefficient (Wildman–Crippen LogP) is 3.32. The highest BCUT2D eigenvalue weighted by molar-refractivity contribution is 6.05. The summed E-state index contributed by atoms with van der Waals surface area (Å²) in [5.41, 5.74) is 13.8. The molecule has 0 atom stereocenters. The van der Waals surface area contributed by atoms with Crippen molar-refractivity contribution in [2.24, 2.45) is 5.73 Å². The molecule has 0 aliphatic carbocycles. The van der Waals surface area contributed by atoms with Crippen LogP contribution in [0.1, 0.15) is 26.3 Å². The van der Waals surface area contributed by atoms with Gasteiger partial charge in [-0.15, -0.1) is 0 Å². The second kappa shape index (κ2) is 9.41. The summed E-state index contributed by atoms with van der Waals surface area (Å²) < 4.78 is 19.8. The monoisotopic (exact) mass is 460 g/mol. The van der Waals surface area contributed by atoms with Gasteiger partial charge >= 0.3 is 0 Å². The van der Waals surface area contributed by atoms with Crippen molar-refractivity contribution in [1.82, 2.24) is 9.97 Å². The number of benzene rings is 3. The second-order valence-electron chi connectivity index (χ2n) is 7.39. The highest BCUT2D eigenvalue weighted by Gasteiger charge is 2.12. The van der Waals surface area contributed by atoms with E-state index in [-0.39, 0.29) is 12.1 Å². The molecule has 1 heterocycles. The summed E-state index contributed by atoms with van der Waals surface area (Å²) in [6, 6.07) is 13.8. The smallest absolute Gasteiger partial charge is 0.255 e. The Kier molecular flexibility index (Phi) is 6.22. The Bertz CT molecular complexity index is 1410. The molecule has 172 valence electrons. The summed E-state index contributed by atoms with van der Waals surface area (Å²) in [7, 11) is 1.51. The first-order chi connectivity index (χ1) is 16.3. The van der Waals surface area contributed by atoms with E-state index in [2.05, 4.69) is 20.6 Å². The number of carbonyl (C=O) groups is 2. The molecular weight excluding hydrogens is 439 g/mol. The lowest BCUT2D eigenvalue weighted by atomic mass is 10.1. The van der Waals surface area contributed by atoms with Gasteiger partial charge < -0.3 is 26.8 Å². The largest absolute Gasteiger partial charge is 0.497 e. The van der Waals surface area contributed by atoms with Gasteiger partial charge in [-0.3, -0.25) is 14.6 Å². The van der Waals surface area contributed by atoms with E-state index in [4.69, 9.17) is 16.2 Å². The molecule has 6 N–H and O–H groups in total. The van der Waals surface area contributed by atoms with E-state index in [1.807, 2.05) is 0 Å². The Balaban J connectivity index is 1.45. The number of methoxy groups -OCH3 is 1. The fourth-order valence-electron chi connectivity index (χ4n) is 3.24. The van der Waals surface area contributed by atoms with Crippen molar-refractivity contribution in [3.8, 4) is 5.75 Å². The van der Waals surface area contributed by atoms with Crippen LogP contribution in [0.3, 0.4) is 0 Å². The van der Waals surface area contributed by atoms with E-state index < -0.39 is 17.6 Å². The topological polar surface area (TPSA) is 145 Å². The number of carbonyl (C=O) groups excluding carboxylic acids is 2. The third-order valence-corrected chi connectivity index (χ3v) is 5.11. The standard InChI is InChI=1S/C24H21FN6O3/c1-34-16-5-7-19(18(26)10-16)31-24(33)14-2-3-15(17(25)8-14)11-29-22-12-28-20-6-4-13(23(27)32)9-21(20)30-22/h2-10,12H,11,26H2,1H3,(H2,27,32)(H,29,30)(H,31,33). The molecule has 2 amide bonds. The zero-order valence-electron chi connectivity index (χ0n) is 18.1. The molecule has 4 aromatic rings. The fourth-order valence-corrected chi connectivity index (χ4v) is 3.24. The number of nitrogens with one attached hydrogen (secondary N) is 2. The average molecular weight is 460 g/mol. The normalized spacial score (nSPS) is 10.6. The average Bonchev–Trinajstić information content (AvgIpc) is 2.83. The van der Waals surface area contributed by atoms with E-state index in [1.165, 1.54) is 25.4 Å². The maximum absolute atomic E-state index is 14.7. The number of ether oxygens (including phenoxy) is 1. The number of amides is 2. The molecule has 3 aromatic carbocycles. The summed E-state index contributed by atoms with van der Waals surface area (Å²) in [4.78, 5) is 32.6. The van der Waals surface area contributed by atoms with Gasteiger partial charge in [0.1, 0.15) is 17.4 Å². The van der Waals surface area contributed by atoms with Crippen molar-refractivity contribution in [3.05, 3.63) is 83.3 Å². The van der Waals surface area contributed by atoms with Gasteiger partial charge in [0.25, 0.3) is 5.91 Å². The van der Waals surface area contributed by atoms with Crippen LogP contribution >= 0.6 is 0 Å². The Labute approximate surface area is 194 Å². The Morgan fingerprint density at radius 2 is 1.82 bits per heavy atom. The number of primary amides is 1. The van der Waals surface area contributed by atoms with Gasteiger partial charge in [0, 0.05) is 29.3 Å². The third kappa shape index (κ3) is 4.85. The van der Waals surface area contributed by atoms with Crippen molar-refractivity contribution < 1.29 is 18.7 Å². The van der Waals surface area contributed by atoms with E-state index in [9.17, 15) is 14.0 Å². The van der Waals surface area contributed by atoms with Crippen molar-refractivity contribution in [1.29, 1.82) is 0 Å². The third-order valence-electron chi connectivity index (χ3n) is 5.11. The first kappa shape index (κ1) is 22.5. The zero-order valence-corrected chi connectivity index (χ0v) is 18.1. The van der Waals surface area contributed by atoms with Crippen molar-refractivity contribution in [3.63, 3.8) is 0 Å². The predicted molar refractivity (Wildman–Crippen MR) is 127 cm³/mol. The molecule has 0 radical (unpaired) electrons. The first-order valence-electron chi connectivity index (χ1n) is 10.2. The Hall–Kier alpha value is -4.73. The van der Waals surface area contributed by atoms with Crippen molar-refractivity contribution in [2.75, 3.05) is 23.5 Å². The molecule has 4 rings (SSSR count). The minimum atomic E-state index is -0.567. The van der Waals surface area contributed by atoms with Gasteiger partial charge in [-0.25, -0.2) is 9.37 Å². The number of anilines is 3. The lowest BCUT2D eigenvalue weighted by Crippen LogP contribution is -2.14. The second-order valence-corrected chi connectivity index (χ2v) is 7.39. The maximum atomic E-state index is 14.7. The molecule has 0 fully saturated rings. The maximum Gasteiger partial charge on any atom is 0.255 e. The highest BCUT2D eigenvalue weighted by atomic mass is 19.1. The molecule has 0 bridgehead atoms. The van der Waals surface area contributed by atoms with Gasteiger partial charge in [-0.05, 0) is 42.5 Å². The van der Waals surface area contributed by atoms with Crippen LogP contribution < -0.4 is 26.8 Å². The minimum Gasteiger partial charge on any atom is -0.497 e. The number of nitrogens with zero attached hydrogens (tertiary/aromatic N) is 2. The zero-order chi connectivity index (χ0) is 24.2. The van der Waals surface area contributed by atoms with Gasteiger partial charge in [0.05, 0.1) is 35.7 Å². The van der Waals surface area contributed by atoms with Crippen LogP contribution in [-0.4, -0.2) is 28.9 Å². The molecule has 1 aromatic heterocycles. The van der Waals surface area contributed by atoms with E-state index in [0.717, 1.165) is 6.07 Å². The van der Waals surface area contributed by atoms with Gasteiger partial charge in [0.15, 0.2) is 0 Å². The van der Waals surface area contributed by atoms with E-state index in [0.29, 0.717) is 45.1 Å². The lowest BCUT2D eigenvalue weighted by Gasteiger charge is -2.11. The molecular formula is C24H21FN6O3. The molecule has 0 saturated carbocycles. The highest BCUT2D eigenvalue weighted by Crippen LogP contribution is 2.25. The molecule has 9 nitrogen and oxygen atoms in total. The number of aromatic nitrogens is 2. The van der Waals surface area contributed by atoms with Gasteiger partial charge in [0.2, 0.25) is 5.91 Å². The summed E-state index contributed by atoms with van der Waals surface area (Å²) in [6.07, 6.45) is 1.51. The summed E-state index contributed by atoms with van der Waals surface area (Å²) in [5.74, 6) is -0.676.